The summed E-state index contributed by atoms with van der Waals surface area (Å²) in [5.41, 5.74) is 2.08. The molecule has 1 aromatic heterocycles. The molecule has 5 aliphatic heterocycles. The maximum Gasteiger partial charge on any atom is 0.344 e. The lowest BCUT2D eigenvalue weighted by atomic mass is 9.47. The molecule has 3 aromatic carbocycles. The van der Waals surface area contributed by atoms with Gasteiger partial charge in [0.2, 0.25) is 5.60 Å². The van der Waals surface area contributed by atoms with Gasteiger partial charge in [0.25, 0.3) is 0 Å². The van der Waals surface area contributed by atoms with E-state index >= 15 is 4.79 Å². The molecule has 1 saturated carbocycles. The van der Waals surface area contributed by atoms with Gasteiger partial charge in [-0.15, -0.1) is 0 Å². The molecule has 0 radical (unpaired) electrons. The zero-order chi connectivity index (χ0) is 41.9. The molecule has 9 atom stereocenters. The van der Waals surface area contributed by atoms with Crippen LogP contribution in [0.5, 0.6) is 5.75 Å². The molecule has 6 aliphatic rings. The van der Waals surface area contributed by atoms with E-state index in [0.29, 0.717) is 50.1 Å². The lowest BCUT2D eigenvalue weighted by molar-refractivity contribution is -0.228. The molecule has 1 saturated heterocycles. The fourth-order valence-corrected chi connectivity index (χ4v) is 13.5. The van der Waals surface area contributed by atoms with Crippen molar-refractivity contribution in [3.8, 4) is 5.75 Å². The average Bonchev–Trinajstić information content (AvgIpc) is 3.92. The van der Waals surface area contributed by atoms with Gasteiger partial charge in [0.05, 0.1) is 27.4 Å². The minimum Gasteiger partial charge on any atom is -0.496 e. The summed E-state index contributed by atoms with van der Waals surface area (Å²) in [6.45, 7) is 7.09. The number of fused-ring (bicyclic) bond motifs is 8. The van der Waals surface area contributed by atoms with Crippen molar-refractivity contribution >= 4 is 34.5 Å². The first-order valence-corrected chi connectivity index (χ1v) is 21.3. The molecular formula is C48H54N4O8. The Bertz CT molecular complexity index is 2480. The van der Waals surface area contributed by atoms with Gasteiger partial charge in [0.15, 0.2) is 6.10 Å². The van der Waals surface area contributed by atoms with Gasteiger partial charge < -0.3 is 33.9 Å². The third kappa shape index (κ3) is 4.86. The molecule has 2 fully saturated rings. The number of esters is 3. The molecule has 60 heavy (non-hydrogen) atoms. The maximum absolute atomic E-state index is 15.5. The van der Waals surface area contributed by atoms with Gasteiger partial charge in [-0.3, -0.25) is 19.4 Å². The number of carbonyl (C=O) groups excluding carboxylic acids is 3. The molecule has 2 bridgehead atoms. The number of carbonyl (C=O) groups is 3. The van der Waals surface area contributed by atoms with Crippen molar-refractivity contribution in [3.63, 3.8) is 0 Å². The first-order chi connectivity index (χ1) is 28.9. The zero-order valence-corrected chi connectivity index (χ0v) is 35.2. The number of methoxy groups -OCH3 is 3. The quantitative estimate of drug-likeness (QED) is 0.153. The van der Waals surface area contributed by atoms with Crippen molar-refractivity contribution in [2.75, 3.05) is 59.5 Å². The summed E-state index contributed by atoms with van der Waals surface area (Å²) < 4.78 is 24.1. The highest BCUT2D eigenvalue weighted by Gasteiger charge is 2.80. The zero-order valence-electron chi connectivity index (χ0n) is 35.2. The van der Waals surface area contributed by atoms with Crippen molar-refractivity contribution in [1.29, 1.82) is 0 Å². The Morgan fingerprint density at radius 1 is 0.950 bits per heavy atom. The first kappa shape index (κ1) is 39.0. The van der Waals surface area contributed by atoms with E-state index in [2.05, 4.69) is 69.4 Å². The number of nitrogens with zero attached hydrogens (tertiary/aromatic N) is 3. The molecule has 6 heterocycles. The molecule has 1 unspecified atom stereocenters. The summed E-state index contributed by atoms with van der Waals surface area (Å²) in [5.74, 6) is -1.40. The maximum atomic E-state index is 15.5. The van der Waals surface area contributed by atoms with Crippen molar-refractivity contribution in [2.45, 2.75) is 86.6 Å². The van der Waals surface area contributed by atoms with E-state index in [4.69, 9.17) is 18.9 Å². The number of H-pyrrole nitrogens is 1. The average molecular weight is 815 g/mol. The molecule has 4 aromatic rings. The van der Waals surface area contributed by atoms with E-state index in [9.17, 15) is 14.7 Å². The summed E-state index contributed by atoms with van der Waals surface area (Å²) in [7, 11) is 6.25. The molecule has 12 heteroatoms. The fourth-order valence-electron chi connectivity index (χ4n) is 13.5. The molecule has 314 valence electrons. The van der Waals surface area contributed by atoms with Crippen LogP contribution in [0.4, 0.5) is 5.69 Å². The van der Waals surface area contributed by atoms with Gasteiger partial charge in [-0.25, -0.2) is 4.79 Å². The summed E-state index contributed by atoms with van der Waals surface area (Å²) in [6, 6.07) is 19.7. The van der Waals surface area contributed by atoms with E-state index in [-0.39, 0.29) is 12.0 Å². The van der Waals surface area contributed by atoms with Gasteiger partial charge >= 0.3 is 17.9 Å². The number of anilines is 1. The topological polar surface area (TPSA) is 134 Å². The predicted molar refractivity (Wildman–Crippen MR) is 225 cm³/mol. The second kappa shape index (κ2) is 13.7. The lowest BCUT2D eigenvalue weighted by Crippen LogP contribution is -2.81. The summed E-state index contributed by atoms with van der Waals surface area (Å²) >= 11 is 0. The van der Waals surface area contributed by atoms with Gasteiger partial charge in [0.1, 0.15) is 11.2 Å². The van der Waals surface area contributed by atoms with Crippen molar-refractivity contribution in [1.82, 2.24) is 14.8 Å². The Morgan fingerprint density at radius 3 is 2.47 bits per heavy atom. The van der Waals surface area contributed by atoms with Gasteiger partial charge in [0, 0.05) is 90.9 Å². The van der Waals surface area contributed by atoms with E-state index in [1.807, 2.05) is 37.1 Å². The van der Waals surface area contributed by atoms with E-state index in [1.165, 1.54) is 32.3 Å². The Kier molecular flexibility index (Phi) is 8.89. The number of rotatable bonds is 6. The highest BCUT2D eigenvalue weighted by molar-refractivity contribution is 5.95. The summed E-state index contributed by atoms with van der Waals surface area (Å²) in [4.78, 5) is 53.6. The van der Waals surface area contributed by atoms with Crippen LogP contribution in [0.25, 0.3) is 10.9 Å². The van der Waals surface area contributed by atoms with Crippen LogP contribution in [0.1, 0.15) is 72.5 Å². The van der Waals surface area contributed by atoms with Crippen LogP contribution in [-0.2, 0) is 52.4 Å². The van der Waals surface area contributed by atoms with Crippen LogP contribution in [0.15, 0.2) is 72.8 Å². The molecular weight excluding hydrogens is 761 g/mol. The third-order valence-electron chi connectivity index (χ3n) is 15.6. The van der Waals surface area contributed by atoms with E-state index in [0.717, 1.165) is 53.0 Å². The highest BCUT2D eigenvalue weighted by atomic mass is 16.6. The largest absolute Gasteiger partial charge is 0.496 e. The SMILES string of the molecule is CC[C@]12C=CCN3CC[C@@]4(c5cc([C@]6(C(=O)OC)C[C@H]7CN(CCc8c6[nH]c6ccccc86)Cc6ccccc67)c(OC)cc5N(C)[C@H]4[C@@](O)(C(=O)OC)[C@@H]1OC(C)=O)[C@@H]32. The Morgan fingerprint density at radius 2 is 1.72 bits per heavy atom. The normalized spacial score (nSPS) is 33.6. The number of hydrogen-bond acceptors (Lipinski definition) is 11. The molecule has 1 aliphatic carbocycles. The van der Waals surface area contributed by atoms with Crippen LogP contribution >= 0.6 is 0 Å². The van der Waals surface area contributed by atoms with E-state index < -0.39 is 51.9 Å². The van der Waals surface area contributed by atoms with Crippen molar-refractivity contribution < 1.29 is 38.4 Å². The Labute approximate surface area is 350 Å². The minimum absolute atomic E-state index is 0.0419. The van der Waals surface area contributed by atoms with Gasteiger partial charge in [-0.1, -0.05) is 61.5 Å². The molecule has 10 rings (SSSR count). The van der Waals surface area contributed by atoms with Crippen molar-refractivity contribution in [3.05, 3.63) is 106 Å². The highest BCUT2D eigenvalue weighted by Crippen LogP contribution is 2.68. The number of likely N-dealkylation sites (N-methyl/N-ethyl adjacent to an activating group) is 1. The van der Waals surface area contributed by atoms with Gasteiger partial charge in [-0.2, -0.15) is 0 Å². The smallest absolute Gasteiger partial charge is 0.344 e. The van der Waals surface area contributed by atoms with Crippen LogP contribution in [0, 0.1) is 5.41 Å². The first-order valence-electron chi connectivity index (χ1n) is 21.3. The Hall–Kier alpha value is -5.17. The number of aromatic amines is 1. The minimum atomic E-state index is -2.29. The summed E-state index contributed by atoms with van der Waals surface area (Å²) in [6.07, 6.45) is 5.05. The van der Waals surface area contributed by atoms with Crippen LogP contribution in [-0.4, -0.2) is 116 Å². The van der Waals surface area contributed by atoms with Crippen LogP contribution < -0.4 is 9.64 Å². The number of para-hydroxylation sites is 1. The molecule has 0 amide bonds. The number of benzene rings is 3. The lowest BCUT2D eigenvalue weighted by Gasteiger charge is -2.63. The monoisotopic (exact) mass is 814 g/mol. The number of aromatic nitrogens is 1. The fraction of sp³-hybridized carbons (Fsp3) is 0.479. The number of ether oxygens (including phenoxy) is 4. The van der Waals surface area contributed by atoms with Crippen LogP contribution in [0.3, 0.4) is 0 Å². The second-order valence-electron chi connectivity index (χ2n) is 18.0. The second-order valence-corrected chi connectivity index (χ2v) is 18.0. The van der Waals surface area contributed by atoms with Crippen molar-refractivity contribution in [2.24, 2.45) is 5.41 Å². The van der Waals surface area contributed by atoms with E-state index in [1.54, 1.807) is 7.11 Å². The number of hydrogen-bond donors (Lipinski definition) is 2. The third-order valence-corrected chi connectivity index (χ3v) is 15.6. The van der Waals surface area contributed by atoms with Gasteiger partial charge in [-0.05, 0) is 72.5 Å². The summed E-state index contributed by atoms with van der Waals surface area (Å²) in [5, 5.41) is 14.4. The molecule has 12 nitrogen and oxygen atoms in total. The molecule has 2 N–H and O–H groups in total. The van der Waals surface area contributed by atoms with Crippen LogP contribution in [0.2, 0.25) is 0 Å². The Balaban J connectivity index is 1.30. The number of nitrogens with one attached hydrogen (secondary N) is 1. The standard InChI is InChI=1S/C48H54N4O8/c1-7-45-18-12-20-52-22-19-46(40(45)52)34-23-35(38(57-4)24-37(34)50(3)41(46)48(56,44(55)59-6)42(45)60-28(2)53)47(43(54)58-5)25-30-27-51(26-29-13-8-9-14-31(29)30)21-17-33-32-15-10-11-16-36(32)49-39(33)47/h8-16,18,23-24,30,40-42,49,56H,7,17,19-22,25-27H2,1-6H3/t30-,40-,41+,42+,45+,46+,47+,48-/m0/s1. The molecule has 1 spiro atoms. The number of aliphatic hydroxyl groups is 1. The predicted octanol–water partition coefficient (Wildman–Crippen LogP) is 5.13.